The van der Waals surface area contributed by atoms with Gasteiger partial charge in [-0.2, -0.15) is 12.8 Å². The predicted octanol–water partition coefficient (Wildman–Crippen LogP) is 3.50. The van der Waals surface area contributed by atoms with E-state index in [0.717, 1.165) is 30.4 Å². The predicted molar refractivity (Wildman–Crippen MR) is 100 cm³/mol. The molecule has 3 heteroatoms. The molecular weight excluding hydrogens is 397 g/mol. The molecule has 3 aliphatic rings. The van der Waals surface area contributed by atoms with Gasteiger partial charge in [-0.25, -0.2) is 4.39 Å². The number of rotatable bonds is 4. The zero-order chi connectivity index (χ0) is 17.1. The van der Waals surface area contributed by atoms with Gasteiger partial charge >= 0.3 is 58.2 Å². The van der Waals surface area contributed by atoms with Crippen LogP contribution in [0.5, 0.6) is 5.75 Å². The molecule has 2 aliphatic carbocycles. The molecule has 0 aromatic heterocycles. The second-order valence-corrected chi connectivity index (χ2v) is 8.61. The third-order valence-electron chi connectivity index (χ3n) is 6.96. The van der Waals surface area contributed by atoms with Crippen LogP contribution in [0.1, 0.15) is 76.2 Å². The Morgan fingerprint density at radius 2 is 1.62 bits per heavy atom. The summed E-state index contributed by atoms with van der Waals surface area (Å²) in [5.74, 6) is 3.24. The Kier molecular flexibility index (Phi) is 8.68. The molecule has 1 aromatic rings. The van der Waals surface area contributed by atoms with E-state index in [4.69, 9.17) is 4.74 Å². The van der Waals surface area contributed by atoms with Crippen molar-refractivity contribution in [1.82, 2.24) is 0 Å². The van der Waals surface area contributed by atoms with Gasteiger partial charge in [0.25, 0.3) is 0 Å². The number of benzene rings is 1. The first kappa shape index (κ1) is 21.5. The van der Waals surface area contributed by atoms with E-state index in [1.807, 2.05) is 6.07 Å². The molecule has 1 nitrogen and oxygen atoms in total. The summed E-state index contributed by atoms with van der Waals surface area (Å²) < 4.78 is 19.7. The topological polar surface area (TPSA) is 9.23 Å². The Balaban J connectivity index is 0.00000196. The van der Waals surface area contributed by atoms with E-state index in [9.17, 15) is 4.39 Å². The minimum atomic E-state index is -0.177. The second-order valence-electron chi connectivity index (χ2n) is 8.61. The van der Waals surface area contributed by atoms with Gasteiger partial charge in [-0.15, -0.1) is 0 Å². The number of hydrogen-bond donors (Lipinski definition) is 0. The van der Waals surface area contributed by atoms with Crippen molar-refractivity contribution in [2.75, 3.05) is 0 Å². The molecule has 0 N–H and O–H groups in total. The zero-order valence-corrected chi connectivity index (χ0v) is 21.3. The summed E-state index contributed by atoms with van der Waals surface area (Å²) in [6.07, 6.45) is 18.7. The van der Waals surface area contributed by atoms with Gasteiger partial charge in [0.2, 0.25) is 0 Å². The van der Waals surface area contributed by atoms with Crippen LogP contribution in [0, 0.1) is 30.0 Å². The largest absolute Gasteiger partial charge is 1.00 e. The Morgan fingerprint density at radius 3 is 2.35 bits per heavy atom. The van der Waals surface area contributed by atoms with Crippen molar-refractivity contribution in [2.45, 2.75) is 83.2 Å². The van der Waals surface area contributed by atoms with Gasteiger partial charge in [-0.1, -0.05) is 44.6 Å². The summed E-state index contributed by atoms with van der Waals surface area (Å²) in [7, 11) is 0. The van der Waals surface area contributed by atoms with E-state index in [-0.39, 0.29) is 64.0 Å². The molecule has 1 heterocycles. The smallest absolute Gasteiger partial charge is 0.490 e. The van der Waals surface area contributed by atoms with E-state index in [1.54, 1.807) is 12.1 Å². The van der Waals surface area contributed by atoms with Gasteiger partial charge in [0.05, 0.1) is 0 Å². The molecule has 138 valence electrons. The van der Waals surface area contributed by atoms with Crippen LogP contribution in [-0.4, -0.2) is 6.10 Å². The molecule has 1 aromatic carbocycles. The number of hydrogen-bond acceptors (Lipinski definition) is 1. The first-order valence-electron chi connectivity index (χ1n) is 10.5. The van der Waals surface area contributed by atoms with E-state index in [0.29, 0.717) is 12.0 Å². The van der Waals surface area contributed by atoms with E-state index >= 15 is 0 Å². The third kappa shape index (κ3) is 5.64. The van der Waals surface area contributed by atoms with Crippen molar-refractivity contribution < 1.29 is 67.3 Å². The molecule has 1 atom stereocenters. The summed E-state index contributed by atoms with van der Waals surface area (Å²) in [5.41, 5.74) is 1.18. The van der Waals surface area contributed by atoms with E-state index in [2.05, 4.69) is 6.42 Å². The number of aryl methyl sites for hydroxylation is 1. The van der Waals surface area contributed by atoms with Gasteiger partial charge in [0.1, 0.15) is 17.7 Å². The molecular formula is C23H32FORb. The minimum absolute atomic E-state index is 0. The van der Waals surface area contributed by atoms with Crippen molar-refractivity contribution >= 4 is 0 Å². The molecule has 0 amide bonds. The molecule has 0 bridgehead atoms. The normalized spacial score (nSPS) is 29.3. The average molecular weight is 429 g/mol. The van der Waals surface area contributed by atoms with Crippen LogP contribution in [0.4, 0.5) is 4.39 Å². The SMILES string of the molecule is Fc1ccc2c(c1)OC(C1CCC(CCC3CC[CH-]CC3)CC1)CC2.[Rb+]. The second kappa shape index (κ2) is 10.5. The molecule has 26 heavy (non-hydrogen) atoms. The fraction of sp³-hybridized carbons (Fsp3) is 0.696. The van der Waals surface area contributed by atoms with Crippen LogP contribution >= 0.6 is 0 Å². The van der Waals surface area contributed by atoms with E-state index < -0.39 is 0 Å². The van der Waals surface area contributed by atoms with Crippen molar-refractivity contribution in [1.29, 1.82) is 0 Å². The number of ether oxygens (including phenoxy) is 1. The van der Waals surface area contributed by atoms with Gasteiger partial charge in [0.15, 0.2) is 0 Å². The maximum Gasteiger partial charge on any atom is 1.00 e. The van der Waals surface area contributed by atoms with Crippen LogP contribution < -0.4 is 62.9 Å². The van der Waals surface area contributed by atoms with Crippen LogP contribution in [0.15, 0.2) is 18.2 Å². The molecule has 4 rings (SSSR count). The number of fused-ring (bicyclic) bond motifs is 1. The van der Waals surface area contributed by atoms with Crippen molar-refractivity contribution in [3.8, 4) is 5.75 Å². The Morgan fingerprint density at radius 1 is 0.923 bits per heavy atom. The maximum absolute atomic E-state index is 13.5. The minimum Gasteiger partial charge on any atom is -0.490 e. The summed E-state index contributed by atoms with van der Waals surface area (Å²) in [5, 5.41) is 0. The number of halogens is 1. The summed E-state index contributed by atoms with van der Waals surface area (Å²) in [4.78, 5) is 0. The van der Waals surface area contributed by atoms with Gasteiger partial charge in [0, 0.05) is 6.07 Å². The summed E-state index contributed by atoms with van der Waals surface area (Å²) in [6, 6.07) is 5.02. The fourth-order valence-corrected chi connectivity index (χ4v) is 5.30. The third-order valence-corrected chi connectivity index (χ3v) is 6.96. The monoisotopic (exact) mass is 428 g/mol. The first-order valence-corrected chi connectivity index (χ1v) is 10.5. The standard InChI is InChI=1S/C23H32FO.Rb/c24-21-14-12-20-13-15-22(25-23(20)16-21)19-10-8-18(9-11-19)7-6-17-4-2-1-3-5-17;/h1,12,14,16-19,22H,2-11,13,15H2;/q-1;+1. The van der Waals surface area contributed by atoms with Crippen LogP contribution in [0.2, 0.25) is 0 Å². The Bertz CT molecular complexity index is 561. The van der Waals surface area contributed by atoms with E-state index in [1.165, 1.54) is 69.8 Å². The molecule has 1 aliphatic heterocycles. The molecule has 2 fully saturated rings. The van der Waals surface area contributed by atoms with Crippen LogP contribution in [0.3, 0.4) is 0 Å². The van der Waals surface area contributed by atoms with Gasteiger partial charge < -0.3 is 11.2 Å². The molecule has 0 radical (unpaired) electrons. The quantitative estimate of drug-likeness (QED) is 0.667. The van der Waals surface area contributed by atoms with Crippen molar-refractivity contribution in [3.63, 3.8) is 0 Å². The van der Waals surface area contributed by atoms with Crippen molar-refractivity contribution in [2.24, 2.45) is 17.8 Å². The Labute approximate surface area is 207 Å². The zero-order valence-electron chi connectivity index (χ0n) is 16.4. The molecule has 2 saturated carbocycles. The molecule has 0 spiro atoms. The molecule has 0 saturated heterocycles. The van der Waals surface area contributed by atoms with Gasteiger partial charge in [-0.3, -0.25) is 0 Å². The maximum atomic E-state index is 13.5. The average Bonchev–Trinajstić information content (AvgIpc) is 2.67. The van der Waals surface area contributed by atoms with Gasteiger partial charge in [-0.05, 0) is 55.1 Å². The molecule has 1 unspecified atom stereocenters. The first-order chi connectivity index (χ1) is 12.3. The van der Waals surface area contributed by atoms with Crippen molar-refractivity contribution in [3.05, 3.63) is 36.0 Å². The summed E-state index contributed by atoms with van der Waals surface area (Å²) >= 11 is 0. The summed E-state index contributed by atoms with van der Waals surface area (Å²) in [6.45, 7) is 0. The van der Waals surface area contributed by atoms with Crippen LogP contribution in [-0.2, 0) is 6.42 Å². The van der Waals surface area contributed by atoms with Crippen LogP contribution in [0.25, 0.3) is 0 Å². The fourth-order valence-electron chi connectivity index (χ4n) is 5.30. The Hall–Kier alpha value is 0.755.